The van der Waals surface area contributed by atoms with Crippen LogP contribution >= 0.6 is 34.8 Å². The second-order valence-corrected chi connectivity index (χ2v) is 10.1. The molecular formula is C28H24Cl3N5O3. The van der Waals surface area contributed by atoms with Crippen molar-refractivity contribution < 1.29 is 14.3 Å². The predicted octanol–water partition coefficient (Wildman–Crippen LogP) is 5.61. The van der Waals surface area contributed by atoms with E-state index in [4.69, 9.17) is 39.5 Å². The van der Waals surface area contributed by atoms with E-state index < -0.39 is 5.91 Å². The zero-order valence-corrected chi connectivity index (χ0v) is 23.2. The Hall–Kier alpha value is -3.56. The number of benzene rings is 3. The quantitative estimate of drug-likeness (QED) is 0.319. The van der Waals surface area contributed by atoms with Gasteiger partial charge in [0.1, 0.15) is 5.69 Å². The maximum Gasteiger partial charge on any atom is 0.289 e. The van der Waals surface area contributed by atoms with Crippen LogP contribution < -0.4 is 10.2 Å². The lowest BCUT2D eigenvalue weighted by atomic mass is 10.1. The number of aromatic nitrogens is 2. The van der Waals surface area contributed by atoms with Crippen molar-refractivity contribution in [3.63, 3.8) is 0 Å². The summed E-state index contributed by atoms with van der Waals surface area (Å²) in [5.74, 6) is -0.291. The SMILES string of the molecule is COc1c(C(=O)NN2CCN(C(=O)c3ccccc3Cl)CC2)nn(-c2ccccc2Cl)c1-c1ccc(Cl)cc1. The largest absolute Gasteiger partial charge is 0.492 e. The Kier molecular flexibility index (Phi) is 8.09. The van der Waals surface area contributed by atoms with Crippen molar-refractivity contribution >= 4 is 46.6 Å². The zero-order valence-electron chi connectivity index (χ0n) is 20.9. The number of hydrogen-bond donors (Lipinski definition) is 1. The van der Waals surface area contributed by atoms with E-state index in [2.05, 4.69) is 10.5 Å². The fourth-order valence-electron chi connectivity index (χ4n) is 4.43. The Morgan fingerprint density at radius 3 is 2.13 bits per heavy atom. The van der Waals surface area contributed by atoms with Crippen molar-refractivity contribution in [2.75, 3.05) is 33.3 Å². The molecule has 1 fully saturated rings. The topological polar surface area (TPSA) is 79.7 Å². The molecule has 5 rings (SSSR count). The molecule has 2 heterocycles. The van der Waals surface area contributed by atoms with E-state index >= 15 is 0 Å². The first-order valence-electron chi connectivity index (χ1n) is 12.1. The Labute approximate surface area is 240 Å². The first-order valence-corrected chi connectivity index (χ1v) is 13.3. The number of ether oxygens (including phenoxy) is 1. The van der Waals surface area contributed by atoms with E-state index in [0.717, 1.165) is 5.56 Å². The standard InChI is InChI=1S/C28H24Cl3N5O3/c1-39-26-24(27(37)33-35-16-14-34(15-17-35)28(38)20-6-2-3-7-21(20)30)32-36(23-9-5-4-8-22(23)31)25(26)18-10-12-19(29)13-11-18/h2-13H,14-17H2,1H3,(H,33,37). The minimum atomic E-state index is -0.446. The second kappa shape index (κ2) is 11.7. The molecule has 0 saturated carbocycles. The van der Waals surface area contributed by atoms with Crippen LogP contribution in [0.25, 0.3) is 16.9 Å². The van der Waals surface area contributed by atoms with Gasteiger partial charge in [0.05, 0.1) is 28.4 Å². The summed E-state index contributed by atoms with van der Waals surface area (Å²) in [5, 5.41) is 7.83. The van der Waals surface area contributed by atoms with Crippen LogP contribution in [0.5, 0.6) is 5.75 Å². The average Bonchev–Trinajstić information content (AvgIpc) is 3.33. The number of nitrogens with one attached hydrogen (secondary N) is 1. The molecule has 0 radical (unpaired) electrons. The van der Waals surface area contributed by atoms with Gasteiger partial charge >= 0.3 is 0 Å². The van der Waals surface area contributed by atoms with Crippen LogP contribution in [0.4, 0.5) is 0 Å². The fraction of sp³-hybridized carbons (Fsp3) is 0.179. The number of carbonyl (C=O) groups is 2. The number of hydrogen-bond acceptors (Lipinski definition) is 5. The third-order valence-electron chi connectivity index (χ3n) is 6.39. The van der Waals surface area contributed by atoms with Gasteiger partial charge in [-0.3, -0.25) is 15.0 Å². The van der Waals surface area contributed by atoms with E-state index in [1.165, 1.54) is 7.11 Å². The molecule has 39 heavy (non-hydrogen) atoms. The molecule has 4 aromatic rings. The summed E-state index contributed by atoms with van der Waals surface area (Å²) in [4.78, 5) is 28.1. The summed E-state index contributed by atoms with van der Waals surface area (Å²) in [6.07, 6.45) is 0. The van der Waals surface area contributed by atoms with Crippen molar-refractivity contribution in [2.24, 2.45) is 0 Å². The van der Waals surface area contributed by atoms with E-state index in [1.807, 2.05) is 30.3 Å². The molecule has 1 N–H and O–H groups in total. The molecule has 0 unspecified atom stereocenters. The van der Waals surface area contributed by atoms with Crippen LogP contribution in [-0.4, -0.2) is 64.8 Å². The Morgan fingerprint density at radius 1 is 0.846 bits per heavy atom. The number of amides is 2. The predicted molar refractivity (Wildman–Crippen MR) is 152 cm³/mol. The molecule has 1 aliphatic heterocycles. The smallest absolute Gasteiger partial charge is 0.289 e. The lowest BCUT2D eigenvalue weighted by molar-refractivity contribution is 0.0502. The third-order valence-corrected chi connectivity index (χ3v) is 7.29. The highest BCUT2D eigenvalue weighted by molar-refractivity contribution is 6.34. The van der Waals surface area contributed by atoms with Gasteiger partial charge < -0.3 is 9.64 Å². The number of halogens is 3. The summed E-state index contributed by atoms with van der Waals surface area (Å²) in [6.45, 7) is 1.70. The van der Waals surface area contributed by atoms with E-state index in [0.29, 0.717) is 63.9 Å². The summed E-state index contributed by atoms with van der Waals surface area (Å²) >= 11 is 18.8. The Bertz CT molecular complexity index is 1520. The molecular weight excluding hydrogens is 561 g/mol. The van der Waals surface area contributed by atoms with E-state index in [1.54, 1.807) is 57.1 Å². The molecule has 11 heteroatoms. The fourth-order valence-corrected chi connectivity index (χ4v) is 4.99. The number of hydrazine groups is 1. The first-order chi connectivity index (χ1) is 18.9. The summed E-state index contributed by atoms with van der Waals surface area (Å²) in [6, 6.07) is 21.3. The van der Waals surface area contributed by atoms with Crippen LogP contribution in [0.2, 0.25) is 15.1 Å². The van der Waals surface area contributed by atoms with Crippen LogP contribution in [0.1, 0.15) is 20.8 Å². The Morgan fingerprint density at radius 2 is 1.49 bits per heavy atom. The molecule has 2 amide bonds. The molecule has 1 saturated heterocycles. The summed E-state index contributed by atoms with van der Waals surface area (Å²) in [7, 11) is 1.49. The monoisotopic (exact) mass is 583 g/mol. The van der Waals surface area contributed by atoms with Crippen LogP contribution in [0.3, 0.4) is 0 Å². The lowest BCUT2D eigenvalue weighted by Crippen LogP contribution is -2.54. The normalized spacial score (nSPS) is 13.8. The van der Waals surface area contributed by atoms with Crippen molar-refractivity contribution in [3.8, 4) is 22.7 Å². The molecule has 3 aromatic carbocycles. The molecule has 0 aliphatic carbocycles. The maximum absolute atomic E-state index is 13.5. The highest BCUT2D eigenvalue weighted by Crippen LogP contribution is 2.37. The van der Waals surface area contributed by atoms with Crippen LogP contribution in [-0.2, 0) is 0 Å². The number of para-hydroxylation sites is 1. The molecule has 0 spiro atoms. The third kappa shape index (κ3) is 5.60. The van der Waals surface area contributed by atoms with Crippen molar-refractivity contribution in [2.45, 2.75) is 0 Å². The number of piperazine rings is 1. The Balaban J connectivity index is 1.39. The number of rotatable bonds is 6. The maximum atomic E-state index is 13.5. The van der Waals surface area contributed by atoms with Gasteiger partial charge in [-0.25, -0.2) is 9.69 Å². The zero-order chi connectivity index (χ0) is 27.5. The molecule has 8 nitrogen and oxygen atoms in total. The molecule has 1 aromatic heterocycles. The first kappa shape index (κ1) is 27.0. The van der Waals surface area contributed by atoms with Gasteiger partial charge in [-0.15, -0.1) is 0 Å². The molecule has 200 valence electrons. The van der Waals surface area contributed by atoms with Gasteiger partial charge in [0.2, 0.25) is 0 Å². The molecule has 1 aliphatic rings. The van der Waals surface area contributed by atoms with E-state index in [-0.39, 0.29) is 11.6 Å². The number of carbonyl (C=O) groups excluding carboxylic acids is 2. The second-order valence-electron chi connectivity index (χ2n) is 8.80. The molecule has 0 bridgehead atoms. The van der Waals surface area contributed by atoms with Gasteiger partial charge in [0, 0.05) is 36.8 Å². The van der Waals surface area contributed by atoms with Gasteiger partial charge in [0.15, 0.2) is 11.4 Å². The summed E-state index contributed by atoms with van der Waals surface area (Å²) < 4.78 is 7.31. The van der Waals surface area contributed by atoms with Gasteiger partial charge in [-0.05, 0) is 36.4 Å². The highest BCUT2D eigenvalue weighted by Gasteiger charge is 2.29. The van der Waals surface area contributed by atoms with Crippen molar-refractivity contribution in [3.05, 3.63) is 99.1 Å². The molecule has 0 atom stereocenters. The van der Waals surface area contributed by atoms with E-state index in [9.17, 15) is 9.59 Å². The number of methoxy groups -OCH3 is 1. The van der Waals surface area contributed by atoms with Gasteiger partial charge in [0.25, 0.3) is 11.8 Å². The average molecular weight is 585 g/mol. The number of nitrogens with zero attached hydrogens (tertiary/aromatic N) is 4. The summed E-state index contributed by atoms with van der Waals surface area (Å²) in [5.41, 5.74) is 5.36. The minimum absolute atomic E-state index is 0.0944. The van der Waals surface area contributed by atoms with Crippen LogP contribution in [0.15, 0.2) is 72.8 Å². The van der Waals surface area contributed by atoms with Gasteiger partial charge in [-0.1, -0.05) is 71.2 Å². The minimum Gasteiger partial charge on any atom is -0.492 e. The highest BCUT2D eigenvalue weighted by atomic mass is 35.5. The lowest BCUT2D eigenvalue weighted by Gasteiger charge is -2.34. The van der Waals surface area contributed by atoms with Crippen LogP contribution in [0, 0.1) is 0 Å². The van der Waals surface area contributed by atoms with Gasteiger partial charge in [-0.2, -0.15) is 5.10 Å². The van der Waals surface area contributed by atoms with Crippen molar-refractivity contribution in [1.29, 1.82) is 0 Å². The van der Waals surface area contributed by atoms with Crippen molar-refractivity contribution in [1.82, 2.24) is 25.1 Å².